The largest absolute Gasteiger partial charge is 0.302 e. The van der Waals surface area contributed by atoms with Gasteiger partial charge in [0.25, 0.3) is 20.0 Å². The number of sulfonamides is 2. The van der Waals surface area contributed by atoms with Gasteiger partial charge in [-0.2, -0.15) is 0 Å². The summed E-state index contributed by atoms with van der Waals surface area (Å²) in [6.07, 6.45) is 0.102. The van der Waals surface area contributed by atoms with Crippen molar-refractivity contribution in [1.82, 2.24) is 9.77 Å². The van der Waals surface area contributed by atoms with Crippen LogP contribution in [0.1, 0.15) is 12.8 Å². The van der Waals surface area contributed by atoms with Gasteiger partial charge in [0.05, 0.1) is 0 Å². The SMILES string of the molecule is O=S(=O)(COOC1(S(=O)(=O)NO)CC1)NO. The lowest BCUT2D eigenvalue weighted by atomic mass is 10.8. The van der Waals surface area contributed by atoms with Crippen LogP contribution in [-0.4, -0.2) is 38.1 Å². The fraction of sp³-hybridized carbons (Fsp3) is 1.00. The normalized spacial score (nSPS) is 19.6. The summed E-state index contributed by atoms with van der Waals surface area (Å²) in [5.74, 6) is -1.08. The molecule has 96 valence electrons. The molecule has 0 amide bonds. The van der Waals surface area contributed by atoms with Crippen molar-refractivity contribution in [3.63, 3.8) is 0 Å². The minimum atomic E-state index is -4.13. The van der Waals surface area contributed by atoms with Crippen LogP contribution >= 0.6 is 0 Å². The average molecular weight is 278 g/mol. The number of rotatable bonds is 7. The summed E-state index contributed by atoms with van der Waals surface area (Å²) in [5.41, 5.74) is 0. The van der Waals surface area contributed by atoms with E-state index in [2.05, 4.69) is 9.78 Å². The van der Waals surface area contributed by atoms with Crippen LogP contribution in [-0.2, 0) is 29.8 Å². The summed E-state index contributed by atoms with van der Waals surface area (Å²) in [6.45, 7) is 0. The molecule has 0 bridgehead atoms. The number of nitrogens with one attached hydrogen (secondary N) is 2. The Hall–Kier alpha value is -0.340. The predicted octanol–water partition coefficient (Wildman–Crippen LogP) is -2.00. The predicted molar refractivity (Wildman–Crippen MR) is 46.7 cm³/mol. The Kier molecular flexibility index (Phi) is 3.86. The first-order valence-corrected chi connectivity index (χ1v) is 7.02. The fourth-order valence-electron chi connectivity index (χ4n) is 0.803. The average Bonchev–Trinajstić information content (AvgIpc) is 2.99. The van der Waals surface area contributed by atoms with E-state index in [0.717, 1.165) is 9.77 Å². The second-order valence-corrected chi connectivity index (χ2v) is 6.61. The summed E-state index contributed by atoms with van der Waals surface area (Å²) in [4.78, 5) is 8.80. The van der Waals surface area contributed by atoms with E-state index in [4.69, 9.17) is 10.4 Å². The summed E-state index contributed by atoms with van der Waals surface area (Å²) >= 11 is 0. The molecule has 0 radical (unpaired) electrons. The van der Waals surface area contributed by atoms with Crippen LogP contribution in [0.4, 0.5) is 0 Å². The maximum atomic E-state index is 11.1. The highest BCUT2D eigenvalue weighted by Crippen LogP contribution is 2.44. The molecule has 0 aromatic rings. The zero-order valence-electron chi connectivity index (χ0n) is 7.78. The molecule has 0 saturated heterocycles. The molecular formula is C4H10N2O8S2. The second-order valence-electron chi connectivity index (χ2n) is 3.03. The van der Waals surface area contributed by atoms with Crippen molar-refractivity contribution < 1.29 is 37.0 Å². The molecule has 0 atom stereocenters. The number of hydrogen-bond acceptors (Lipinski definition) is 8. The third-order valence-corrected chi connectivity index (χ3v) is 4.20. The Morgan fingerprint density at radius 2 is 1.69 bits per heavy atom. The zero-order chi connectivity index (χ0) is 12.4. The van der Waals surface area contributed by atoms with Crippen molar-refractivity contribution >= 4 is 20.0 Å². The quantitative estimate of drug-likeness (QED) is 0.308. The maximum absolute atomic E-state index is 11.1. The molecule has 0 aliphatic heterocycles. The molecule has 1 rings (SSSR count). The van der Waals surface area contributed by atoms with E-state index in [1.54, 1.807) is 0 Å². The lowest BCUT2D eigenvalue weighted by molar-refractivity contribution is -0.301. The molecule has 0 aromatic heterocycles. The van der Waals surface area contributed by atoms with Gasteiger partial charge in [0.15, 0.2) is 5.94 Å². The first kappa shape index (κ1) is 13.7. The summed E-state index contributed by atoms with van der Waals surface area (Å²) in [6, 6.07) is 0. The molecule has 1 saturated carbocycles. The van der Waals surface area contributed by atoms with Crippen LogP contribution < -0.4 is 9.77 Å². The van der Waals surface area contributed by atoms with Crippen LogP contribution in [0.3, 0.4) is 0 Å². The van der Waals surface area contributed by atoms with Gasteiger partial charge in [-0.25, -0.2) is 26.6 Å². The van der Waals surface area contributed by atoms with E-state index in [1.165, 1.54) is 0 Å². The van der Waals surface area contributed by atoms with Gasteiger partial charge in [0, 0.05) is 0 Å². The van der Waals surface area contributed by atoms with Crippen LogP contribution in [0.5, 0.6) is 0 Å². The van der Waals surface area contributed by atoms with E-state index in [9.17, 15) is 16.8 Å². The minimum Gasteiger partial charge on any atom is -0.302 e. The van der Waals surface area contributed by atoms with Crippen molar-refractivity contribution in [2.24, 2.45) is 0 Å². The molecule has 12 heteroatoms. The lowest BCUT2D eigenvalue weighted by Crippen LogP contribution is -2.37. The lowest BCUT2D eigenvalue weighted by Gasteiger charge is -2.13. The van der Waals surface area contributed by atoms with Gasteiger partial charge in [-0.05, 0) is 12.8 Å². The van der Waals surface area contributed by atoms with Gasteiger partial charge in [0.2, 0.25) is 4.93 Å². The van der Waals surface area contributed by atoms with E-state index in [0.29, 0.717) is 0 Å². The molecule has 1 fully saturated rings. The highest BCUT2D eigenvalue weighted by molar-refractivity contribution is 7.90. The molecule has 1 aliphatic rings. The zero-order valence-corrected chi connectivity index (χ0v) is 9.41. The molecule has 0 aromatic carbocycles. The van der Waals surface area contributed by atoms with Gasteiger partial charge in [-0.1, -0.05) is 9.77 Å². The smallest absolute Gasteiger partial charge is 0.266 e. The van der Waals surface area contributed by atoms with Gasteiger partial charge < -0.3 is 10.4 Å². The topological polar surface area (TPSA) is 151 Å². The molecule has 16 heavy (non-hydrogen) atoms. The van der Waals surface area contributed by atoms with Crippen LogP contribution in [0.2, 0.25) is 0 Å². The summed E-state index contributed by atoms with van der Waals surface area (Å²) < 4.78 is 43.5. The van der Waals surface area contributed by atoms with Crippen LogP contribution in [0.15, 0.2) is 0 Å². The molecule has 0 unspecified atom stereocenters. The molecule has 0 spiro atoms. The first-order chi connectivity index (χ1) is 7.29. The van der Waals surface area contributed by atoms with Crippen molar-refractivity contribution in [2.75, 3.05) is 5.94 Å². The van der Waals surface area contributed by atoms with E-state index in [1.807, 2.05) is 0 Å². The standard InChI is InChI=1S/C4H10N2O8S2/c7-5-15(9,10)3-13-14-4(1-2-4)16(11,12)6-8/h5-8H,1-3H2. The van der Waals surface area contributed by atoms with Crippen LogP contribution in [0.25, 0.3) is 0 Å². The van der Waals surface area contributed by atoms with Crippen molar-refractivity contribution in [3.8, 4) is 0 Å². The molecule has 4 N–H and O–H groups in total. The third kappa shape index (κ3) is 2.86. The van der Waals surface area contributed by atoms with Gasteiger partial charge in [0.1, 0.15) is 0 Å². The summed E-state index contributed by atoms with van der Waals surface area (Å²) in [5, 5.41) is 16.4. The van der Waals surface area contributed by atoms with E-state index in [-0.39, 0.29) is 12.8 Å². The number of hydrogen-bond donors (Lipinski definition) is 4. The van der Waals surface area contributed by atoms with E-state index >= 15 is 0 Å². The Morgan fingerprint density at radius 3 is 2.06 bits per heavy atom. The Morgan fingerprint density at radius 1 is 1.12 bits per heavy atom. The first-order valence-electron chi connectivity index (χ1n) is 3.88. The Bertz CT molecular complexity index is 437. The highest BCUT2D eigenvalue weighted by Gasteiger charge is 2.58. The van der Waals surface area contributed by atoms with Gasteiger partial charge in [-0.3, -0.25) is 0 Å². The highest BCUT2D eigenvalue weighted by atomic mass is 32.2. The fourth-order valence-corrected chi connectivity index (χ4v) is 1.97. The maximum Gasteiger partial charge on any atom is 0.266 e. The monoisotopic (exact) mass is 278 g/mol. The van der Waals surface area contributed by atoms with Gasteiger partial charge in [-0.15, -0.1) is 0 Å². The van der Waals surface area contributed by atoms with Gasteiger partial charge >= 0.3 is 0 Å². The van der Waals surface area contributed by atoms with Crippen LogP contribution in [0, 0.1) is 0 Å². The third-order valence-electron chi connectivity index (χ3n) is 1.82. The second kappa shape index (κ2) is 4.50. The molecular weight excluding hydrogens is 268 g/mol. The Balaban J connectivity index is 2.52. The van der Waals surface area contributed by atoms with E-state index < -0.39 is 30.9 Å². The molecule has 0 heterocycles. The molecule has 10 nitrogen and oxygen atoms in total. The summed E-state index contributed by atoms with van der Waals surface area (Å²) in [7, 11) is -8.22. The molecule has 1 aliphatic carbocycles. The Labute approximate surface area is 91.1 Å². The minimum absolute atomic E-state index is 0.0511. The van der Waals surface area contributed by atoms with Crippen molar-refractivity contribution in [3.05, 3.63) is 0 Å². The van der Waals surface area contributed by atoms with Crippen molar-refractivity contribution in [1.29, 1.82) is 0 Å². The van der Waals surface area contributed by atoms with Crippen molar-refractivity contribution in [2.45, 2.75) is 17.8 Å².